The van der Waals surface area contributed by atoms with E-state index in [9.17, 15) is 4.79 Å². The van der Waals surface area contributed by atoms with Crippen LogP contribution in [0, 0.1) is 0 Å². The smallest absolute Gasteiger partial charge is 0.277 e. The van der Waals surface area contributed by atoms with Gasteiger partial charge in [-0.25, -0.2) is 0 Å². The number of ether oxygens (including phenoxy) is 1. The highest BCUT2D eigenvalue weighted by Gasteiger charge is 2.19. The molecular formula is C24H20ClN3O3S. The molecule has 162 valence electrons. The minimum absolute atomic E-state index is 0.171. The number of carbonyl (C=O) groups excluding carboxylic acids is 1. The Balaban J connectivity index is 1.30. The van der Waals surface area contributed by atoms with Gasteiger partial charge >= 0.3 is 0 Å². The van der Waals surface area contributed by atoms with Crippen LogP contribution in [0.3, 0.4) is 0 Å². The summed E-state index contributed by atoms with van der Waals surface area (Å²) in [4.78, 5) is 12.6. The molecule has 1 amide bonds. The van der Waals surface area contributed by atoms with Gasteiger partial charge in [0.05, 0.1) is 5.25 Å². The van der Waals surface area contributed by atoms with Crippen LogP contribution in [-0.4, -0.2) is 21.4 Å². The number of thioether (sulfide) groups is 1. The summed E-state index contributed by atoms with van der Waals surface area (Å²) in [7, 11) is 0. The highest BCUT2D eigenvalue weighted by atomic mass is 35.5. The lowest BCUT2D eigenvalue weighted by atomic mass is 10.2. The van der Waals surface area contributed by atoms with Gasteiger partial charge in [0.25, 0.3) is 5.22 Å². The van der Waals surface area contributed by atoms with Gasteiger partial charge in [0.2, 0.25) is 11.8 Å². The van der Waals surface area contributed by atoms with Crippen LogP contribution in [-0.2, 0) is 11.4 Å². The molecule has 1 atom stereocenters. The first-order chi connectivity index (χ1) is 15.6. The molecule has 0 spiro atoms. The third-order valence-electron chi connectivity index (χ3n) is 4.50. The number of hydrogen-bond acceptors (Lipinski definition) is 6. The van der Waals surface area contributed by atoms with E-state index in [0.717, 1.165) is 16.9 Å². The molecular weight excluding hydrogens is 446 g/mol. The quantitative estimate of drug-likeness (QED) is 0.317. The molecule has 8 heteroatoms. The van der Waals surface area contributed by atoms with Crippen molar-refractivity contribution in [2.45, 2.75) is 24.0 Å². The molecule has 0 aliphatic heterocycles. The zero-order valence-electron chi connectivity index (χ0n) is 17.2. The second kappa shape index (κ2) is 10.3. The van der Waals surface area contributed by atoms with Crippen molar-refractivity contribution >= 4 is 35.0 Å². The summed E-state index contributed by atoms with van der Waals surface area (Å²) in [6, 6.07) is 24.3. The van der Waals surface area contributed by atoms with E-state index in [0.29, 0.717) is 28.4 Å². The molecule has 3 aromatic carbocycles. The monoisotopic (exact) mass is 465 g/mol. The molecule has 0 aliphatic carbocycles. The van der Waals surface area contributed by atoms with Crippen molar-refractivity contribution in [2.75, 3.05) is 5.32 Å². The Kier molecular flexibility index (Phi) is 7.09. The molecule has 0 saturated heterocycles. The minimum atomic E-state index is -0.434. The zero-order valence-corrected chi connectivity index (χ0v) is 18.8. The fraction of sp³-hybridized carbons (Fsp3) is 0.125. The van der Waals surface area contributed by atoms with E-state index in [-0.39, 0.29) is 5.91 Å². The van der Waals surface area contributed by atoms with Crippen LogP contribution in [0.5, 0.6) is 5.75 Å². The first-order valence-corrected chi connectivity index (χ1v) is 11.2. The van der Waals surface area contributed by atoms with Crippen LogP contribution < -0.4 is 10.1 Å². The number of carbonyl (C=O) groups is 1. The summed E-state index contributed by atoms with van der Waals surface area (Å²) in [6.45, 7) is 2.27. The Hall–Kier alpha value is -3.29. The summed E-state index contributed by atoms with van der Waals surface area (Å²) >= 11 is 7.19. The Morgan fingerprint density at radius 3 is 2.59 bits per heavy atom. The number of nitrogens with one attached hydrogen (secondary N) is 1. The fourth-order valence-corrected chi connectivity index (χ4v) is 3.69. The third-order valence-corrected chi connectivity index (χ3v) is 5.66. The predicted molar refractivity (Wildman–Crippen MR) is 126 cm³/mol. The number of amides is 1. The molecule has 0 aliphatic rings. The Labute approximate surface area is 195 Å². The molecule has 0 fully saturated rings. The van der Waals surface area contributed by atoms with E-state index in [1.165, 1.54) is 11.8 Å². The largest absolute Gasteiger partial charge is 0.489 e. The molecule has 0 bridgehead atoms. The van der Waals surface area contributed by atoms with Crippen molar-refractivity contribution in [3.05, 3.63) is 89.4 Å². The molecule has 4 rings (SSSR count). The van der Waals surface area contributed by atoms with Crippen molar-refractivity contribution in [1.29, 1.82) is 0 Å². The third kappa shape index (κ3) is 5.90. The summed E-state index contributed by atoms with van der Waals surface area (Å²) in [5, 5.41) is 11.4. The number of aromatic nitrogens is 2. The van der Waals surface area contributed by atoms with Gasteiger partial charge in [-0.3, -0.25) is 4.79 Å². The van der Waals surface area contributed by atoms with E-state index in [1.807, 2.05) is 54.6 Å². The van der Waals surface area contributed by atoms with E-state index in [4.69, 9.17) is 20.8 Å². The molecule has 4 aromatic rings. The number of anilines is 1. The fourth-order valence-electron chi connectivity index (χ4n) is 2.82. The van der Waals surface area contributed by atoms with Gasteiger partial charge in [0, 0.05) is 16.3 Å². The van der Waals surface area contributed by atoms with Crippen molar-refractivity contribution in [3.63, 3.8) is 0 Å². The highest BCUT2D eigenvalue weighted by Crippen LogP contribution is 2.28. The van der Waals surface area contributed by atoms with Gasteiger partial charge in [-0.2, -0.15) is 0 Å². The molecule has 0 saturated carbocycles. The van der Waals surface area contributed by atoms with Gasteiger partial charge in [0.1, 0.15) is 12.4 Å². The van der Waals surface area contributed by atoms with Crippen LogP contribution >= 0.6 is 23.4 Å². The second-order valence-electron chi connectivity index (χ2n) is 6.93. The average molecular weight is 466 g/mol. The summed E-state index contributed by atoms with van der Waals surface area (Å²) in [5.74, 6) is 0.915. The van der Waals surface area contributed by atoms with E-state index < -0.39 is 5.25 Å². The average Bonchev–Trinajstić information content (AvgIpc) is 3.28. The van der Waals surface area contributed by atoms with Gasteiger partial charge in [-0.05, 0) is 55.0 Å². The molecule has 1 N–H and O–H groups in total. The predicted octanol–water partition coefficient (Wildman–Crippen LogP) is 6.09. The number of benzene rings is 3. The standard InChI is InChI=1S/C24H20ClN3O3S/c1-16(32-24-28-27-23(31-24)18-8-5-9-19(25)14-18)22(29)26-20-10-12-21(13-11-20)30-15-17-6-3-2-4-7-17/h2-14,16H,15H2,1H3,(H,26,29). The number of halogens is 1. The normalized spacial score (nSPS) is 11.7. The van der Waals surface area contributed by atoms with Gasteiger partial charge < -0.3 is 14.5 Å². The Bertz CT molecular complexity index is 1180. The van der Waals surface area contributed by atoms with Crippen LogP contribution in [0.25, 0.3) is 11.5 Å². The van der Waals surface area contributed by atoms with Crippen molar-refractivity contribution < 1.29 is 13.9 Å². The molecule has 1 unspecified atom stereocenters. The molecule has 0 radical (unpaired) electrons. The number of hydrogen-bond donors (Lipinski definition) is 1. The van der Waals surface area contributed by atoms with Crippen molar-refractivity contribution in [1.82, 2.24) is 10.2 Å². The molecule has 32 heavy (non-hydrogen) atoms. The maximum Gasteiger partial charge on any atom is 0.277 e. The molecule has 1 heterocycles. The van der Waals surface area contributed by atoms with Crippen LogP contribution in [0.2, 0.25) is 5.02 Å². The Morgan fingerprint density at radius 1 is 1.06 bits per heavy atom. The minimum Gasteiger partial charge on any atom is -0.489 e. The Morgan fingerprint density at radius 2 is 1.84 bits per heavy atom. The summed E-state index contributed by atoms with van der Waals surface area (Å²) in [5.41, 5.74) is 2.50. The van der Waals surface area contributed by atoms with Gasteiger partial charge in [-0.1, -0.05) is 59.8 Å². The van der Waals surface area contributed by atoms with Crippen LogP contribution in [0.15, 0.2) is 88.5 Å². The van der Waals surface area contributed by atoms with Gasteiger partial charge in [0.15, 0.2) is 0 Å². The zero-order chi connectivity index (χ0) is 22.3. The van der Waals surface area contributed by atoms with Gasteiger partial charge in [-0.15, -0.1) is 10.2 Å². The lowest BCUT2D eigenvalue weighted by molar-refractivity contribution is -0.115. The van der Waals surface area contributed by atoms with E-state index in [2.05, 4.69) is 15.5 Å². The maximum absolute atomic E-state index is 12.6. The topological polar surface area (TPSA) is 77.2 Å². The lowest BCUT2D eigenvalue weighted by Gasteiger charge is -2.11. The summed E-state index contributed by atoms with van der Waals surface area (Å²) < 4.78 is 11.4. The van der Waals surface area contributed by atoms with Crippen molar-refractivity contribution in [2.24, 2.45) is 0 Å². The molecule has 1 aromatic heterocycles. The molecule has 6 nitrogen and oxygen atoms in total. The maximum atomic E-state index is 12.6. The van der Waals surface area contributed by atoms with E-state index in [1.54, 1.807) is 31.2 Å². The SMILES string of the molecule is CC(Sc1nnc(-c2cccc(Cl)c2)o1)C(=O)Nc1ccc(OCc2ccccc2)cc1. The van der Waals surface area contributed by atoms with Crippen LogP contribution in [0.4, 0.5) is 5.69 Å². The van der Waals surface area contributed by atoms with Crippen molar-refractivity contribution in [3.8, 4) is 17.2 Å². The number of nitrogens with zero attached hydrogens (tertiary/aromatic N) is 2. The second-order valence-corrected chi connectivity index (χ2v) is 8.66. The lowest BCUT2D eigenvalue weighted by Crippen LogP contribution is -2.22. The number of rotatable bonds is 8. The first kappa shape index (κ1) is 21.9. The van der Waals surface area contributed by atoms with E-state index >= 15 is 0 Å². The highest BCUT2D eigenvalue weighted by molar-refractivity contribution is 8.00. The summed E-state index contributed by atoms with van der Waals surface area (Å²) in [6.07, 6.45) is 0. The van der Waals surface area contributed by atoms with Crippen LogP contribution in [0.1, 0.15) is 12.5 Å². The first-order valence-electron chi connectivity index (χ1n) is 9.90.